The van der Waals surface area contributed by atoms with E-state index in [4.69, 9.17) is 9.47 Å². The number of hydrogen-bond acceptors (Lipinski definition) is 5. The number of nitrogens with zero attached hydrogens (tertiary/aromatic N) is 1. The van der Waals surface area contributed by atoms with Gasteiger partial charge >= 0.3 is 0 Å². The van der Waals surface area contributed by atoms with E-state index in [2.05, 4.69) is 54.4 Å². The van der Waals surface area contributed by atoms with Gasteiger partial charge in [0.25, 0.3) is 0 Å². The lowest BCUT2D eigenvalue weighted by Gasteiger charge is -2.32. The maximum atomic E-state index is 10.2. The van der Waals surface area contributed by atoms with E-state index in [0.717, 1.165) is 63.9 Å². The number of para-hydroxylation sites is 1. The molecule has 5 heteroatoms. The van der Waals surface area contributed by atoms with Gasteiger partial charge in [-0.15, -0.1) is 0 Å². The van der Waals surface area contributed by atoms with Crippen LogP contribution < -0.4 is 19.7 Å². The molecule has 2 N–H and O–H groups in total. The van der Waals surface area contributed by atoms with Gasteiger partial charge in [0, 0.05) is 53.6 Å². The van der Waals surface area contributed by atoms with E-state index in [1.54, 1.807) is 7.11 Å². The first-order valence-corrected chi connectivity index (χ1v) is 12.5. The third kappa shape index (κ3) is 4.38. The Balaban J connectivity index is 1.69. The Morgan fingerprint density at radius 2 is 1.56 bits per heavy atom. The Bertz CT molecular complexity index is 1350. The molecule has 0 aliphatic carbocycles. The van der Waals surface area contributed by atoms with Gasteiger partial charge in [0.2, 0.25) is 0 Å². The summed E-state index contributed by atoms with van der Waals surface area (Å²) in [5.41, 5.74) is 7.04. The van der Waals surface area contributed by atoms with E-state index in [1.807, 2.05) is 54.6 Å². The number of methoxy groups -OCH3 is 1. The normalized spacial score (nSPS) is 13.8. The lowest BCUT2D eigenvalue weighted by atomic mass is 9.80. The standard InChI is InChI=1S/C31H32N2O3/c1-4-33(5-2)23-15-16-25-28(17-23)36-29-19-30(35-3)27(32-22-12-7-6-8-13-22)18-26(29)31(25)24-14-10-9-11-21(24)20-34/h6-19,31-32,34H,4-5,20H2,1-3H3. The predicted molar refractivity (Wildman–Crippen MR) is 146 cm³/mol. The molecule has 5 nitrogen and oxygen atoms in total. The first kappa shape index (κ1) is 23.8. The van der Waals surface area contributed by atoms with Gasteiger partial charge in [-0.05, 0) is 49.2 Å². The molecule has 1 atom stereocenters. The molecule has 0 spiro atoms. The highest BCUT2D eigenvalue weighted by molar-refractivity contribution is 5.73. The van der Waals surface area contributed by atoms with E-state index >= 15 is 0 Å². The zero-order valence-electron chi connectivity index (χ0n) is 21.0. The summed E-state index contributed by atoms with van der Waals surface area (Å²) in [6.45, 7) is 6.13. The van der Waals surface area contributed by atoms with Crippen LogP contribution in [0.5, 0.6) is 17.2 Å². The van der Waals surface area contributed by atoms with Gasteiger partial charge < -0.3 is 24.8 Å². The second kappa shape index (κ2) is 10.3. The Labute approximate surface area is 212 Å². The van der Waals surface area contributed by atoms with Crippen molar-refractivity contribution < 1.29 is 14.6 Å². The molecule has 0 bridgehead atoms. The third-order valence-electron chi connectivity index (χ3n) is 6.89. The van der Waals surface area contributed by atoms with E-state index in [0.29, 0.717) is 5.75 Å². The van der Waals surface area contributed by atoms with Crippen LogP contribution in [0.4, 0.5) is 17.1 Å². The highest BCUT2D eigenvalue weighted by Gasteiger charge is 2.32. The van der Waals surface area contributed by atoms with E-state index < -0.39 is 0 Å². The highest BCUT2D eigenvalue weighted by Crippen LogP contribution is 2.51. The van der Waals surface area contributed by atoms with Crippen molar-refractivity contribution in [3.63, 3.8) is 0 Å². The molecule has 1 unspecified atom stereocenters. The first-order valence-electron chi connectivity index (χ1n) is 12.5. The second-order valence-electron chi connectivity index (χ2n) is 8.87. The number of fused-ring (bicyclic) bond motifs is 2. The smallest absolute Gasteiger partial charge is 0.146 e. The Kier molecular flexibility index (Phi) is 6.83. The molecule has 0 saturated carbocycles. The molecule has 1 aliphatic rings. The third-order valence-corrected chi connectivity index (χ3v) is 6.89. The van der Waals surface area contributed by atoms with E-state index in [1.165, 1.54) is 0 Å². The van der Waals surface area contributed by atoms with E-state index in [-0.39, 0.29) is 12.5 Å². The number of nitrogens with one attached hydrogen (secondary N) is 1. The summed E-state index contributed by atoms with van der Waals surface area (Å²) in [5, 5.41) is 13.7. The maximum Gasteiger partial charge on any atom is 0.146 e. The van der Waals surface area contributed by atoms with Crippen LogP contribution in [0.2, 0.25) is 0 Å². The molecule has 0 aromatic heterocycles. The van der Waals surface area contributed by atoms with Crippen molar-refractivity contribution in [3.05, 3.63) is 107 Å². The van der Waals surface area contributed by atoms with Crippen LogP contribution in [0.1, 0.15) is 42.0 Å². The van der Waals surface area contributed by atoms with Gasteiger partial charge in [0.1, 0.15) is 17.2 Å². The number of aliphatic hydroxyl groups excluding tert-OH is 1. The van der Waals surface area contributed by atoms with Crippen LogP contribution in [0.25, 0.3) is 0 Å². The molecule has 0 saturated heterocycles. The second-order valence-corrected chi connectivity index (χ2v) is 8.87. The molecule has 0 radical (unpaired) electrons. The fourth-order valence-corrected chi connectivity index (χ4v) is 5.05. The number of aliphatic hydroxyl groups is 1. The first-order chi connectivity index (χ1) is 17.7. The minimum Gasteiger partial charge on any atom is -0.494 e. The quantitative estimate of drug-likeness (QED) is 0.249. The lowest BCUT2D eigenvalue weighted by molar-refractivity contribution is 0.280. The van der Waals surface area contributed by atoms with Crippen molar-refractivity contribution in [2.45, 2.75) is 26.4 Å². The molecular formula is C31H32N2O3. The van der Waals surface area contributed by atoms with Crippen molar-refractivity contribution in [2.75, 3.05) is 30.4 Å². The van der Waals surface area contributed by atoms with Gasteiger partial charge in [-0.2, -0.15) is 0 Å². The molecule has 4 aromatic carbocycles. The molecule has 5 rings (SSSR count). The molecule has 0 amide bonds. The largest absolute Gasteiger partial charge is 0.494 e. The summed E-state index contributed by atoms with van der Waals surface area (Å²) in [6.07, 6.45) is 0. The molecule has 36 heavy (non-hydrogen) atoms. The van der Waals surface area contributed by atoms with Crippen molar-refractivity contribution >= 4 is 17.1 Å². The summed E-state index contributed by atoms with van der Waals surface area (Å²) >= 11 is 0. The summed E-state index contributed by atoms with van der Waals surface area (Å²) in [6, 6.07) is 28.7. The zero-order valence-corrected chi connectivity index (χ0v) is 21.0. The van der Waals surface area contributed by atoms with Crippen LogP contribution in [0, 0.1) is 0 Å². The van der Waals surface area contributed by atoms with Gasteiger partial charge in [-0.3, -0.25) is 0 Å². The lowest BCUT2D eigenvalue weighted by Crippen LogP contribution is -2.22. The van der Waals surface area contributed by atoms with Gasteiger partial charge in [-0.25, -0.2) is 0 Å². The number of ether oxygens (including phenoxy) is 2. The fourth-order valence-electron chi connectivity index (χ4n) is 5.05. The zero-order chi connectivity index (χ0) is 25.1. The van der Waals surface area contributed by atoms with Gasteiger partial charge in [-0.1, -0.05) is 48.5 Å². The Morgan fingerprint density at radius 1 is 0.833 bits per heavy atom. The molecule has 1 aliphatic heterocycles. The highest BCUT2D eigenvalue weighted by atomic mass is 16.5. The van der Waals surface area contributed by atoms with Crippen molar-refractivity contribution in [3.8, 4) is 17.2 Å². The van der Waals surface area contributed by atoms with Crippen LogP contribution in [0.3, 0.4) is 0 Å². The SMILES string of the molecule is CCN(CC)c1ccc2c(c1)Oc1cc(OC)c(Nc3ccccc3)cc1C2c1ccccc1CO. The summed E-state index contributed by atoms with van der Waals surface area (Å²) in [4.78, 5) is 2.31. The van der Waals surface area contributed by atoms with Crippen LogP contribution in [-0.2, 0) is 6.61 Å². The predicted octanol–water partition coefficient (Wildman–Crippen LogP) is 7.06. The number of anilines is 3. The molecule has 4 aromatic rings. The number of hydrogen-bond donors (Lipinski definition) is 2. The van der Waals surface area contributed by atoms with Crippen LogP contribution in [-0.4, -0.2) is 25.3 Å². The number of rotatable bonds is 8. The summed E-state index contributed by atoms with van der Waals surface area (Å²) < 4.78 is 12.3. The van der Waals surface area contributed by atoms with Crippen LogP contribution >= 0.6 is 0 Å². The molecule has 184 valence electrons. The molecule has 0 fully saturated rings. The van der Waals surface area contributed by atoms with Crippen LogP contribution in [0.15, 0.2) is 84.9 Å². The average molecular weight is 481 g/mol. The minimum absolute atomic E-state index is 0.0268. The van der Waals surface area contributed by atoms with Crippen molar-refractivity contribution in [1.82, 2.24) is 0 Å². The molecule has 1 heterocycles. The minimum atomic E-state index is -0.0971. The Morgan fingerprint density at radius 3 is 2.28 bits per heavy atom. The summed E-state index contributed by atoms with van der Waals surface area (Å²) in [7, 11) is 1.67. The molecular weight excluding hydrogens is 448 g/mol. The van der Waals surface area contributed by atoms with Gasteiger partial charge in [0.05, 0.1) is 19.4 Å². The maximum absolute atomic E-state index is 10.2. The summed E-state index contributed by atoms with van der Waals surface area (Å²) in [5.74, 6) is 2.19. The fraction of sp³-hybridized carbons (Fsp3) is 0.226. The van der Waals surface area contributed by atoms with E-state index in [9.17, 15) is 5.11 Å². The Hall–Kier alpha value is -3.96. The van der Waals surface area contributed by atoms with Crippen molar-refractivity contribution in [2.24, 2.45) is 0 Å². The monoisotopic (exact) mass is 480 g/mol. The van der Waals surface area contributed by atoms with Gasteiger partial charge in [0.15, 0.2) is 0 Å². The average Bonchev–Trinajstić information content (AvgIpc) is 2.92. The number of benzene rings is 4. The van der Waals surface area contributed by atoms with Crippen molar-refractivity contribution in [1.29, 1.82) is 0 Å². The topological polar surface area (TPSA) is 54.0 Å².